The van der Waals surface area contributed by atoms with Crippen molar-refractivity contribution in [2.75, 3.05) is 12.4 Å². The fourth-order valence-corrected chi connectivity index (χ4v) is 3.73. The zero-order valence-electron chi connectivity index (χ0n) is 11.5. The predicted molar refractivity (Wildman–Crippen MR) is 79.7 cm³/mol. The van der Waals surface area contributed by atoms with E-state index in [-0.39, 0.29) is 0 Å². The van der Waals surface area contributed by atoms with Gasteiger partial charge in [0.1, 0.15) is 5.75 Å². The highest BCUT2D eigenvalue weighted by atomic mass is 32.2. The Labute approximate surface area is 119 Å². The molecular weight excluding hydrogens is 258 g/mol. The van der Waals surface area contributed by atoms with E-state index in [1.54, 1.807) is 12.4 Å². The summed E-state index contributed by atoms with van der Waals surface area (Å²) in [6.07, 6.45) is 9.63. The SMILES string of the molecule is CCOc1cncc(C(O)CSC2CCCCC2)c1. The minimum atomic E-state index is -0.445. The summed E-state index contributed by atoms with van der Waals surface area (Å²) < 4.78 is 5.41. The lowest BCUT2D eigenvalue weighted by molar-refractivity contribution is 0.202. The third-order valence-electron chi connectivity index (χ3n) is 3.47. The average Bonchev–Trinajstić information content (AvgIpc) is 2.46. The molecule has 2 rings (SSSR count). The number of hydrogen-bond acceptors (Lipinski definition) is 4. The fraction of sp³-hybridized carbons (Fsp3) is 0.667. The lowest BCUT2D eigenvalue weighted by Gasteiger charge is -2.22. The molecule has 0 amide bonds. The molecule has 1 aliphatic carbocycles. The van der Waals surface area contributed by atoms with Crippen molar-refractivity contribution in [3.05, 3.63) is 24.0 Å². The molecule has 1 aromatic heterocycles. The van der Waals surface area contributed by atoms with Gasteiger partial charge in [-0.2, -0.15) is 11.8 Å². The molecule has 1 saturated carbocycles. The number of nitrogens with zero attached hydrogens (tertiary/aromatic N) is 1. The summed E-state index contributed by atoms with van der Waals surface area (Å²) in [7, 11) is 0. The molecule has 106 valence electrons. The van der Waals surface area contributed by atoms with Gasteiger partial charge in [0, 0.05) is 22.8 Å². The number of aliphatic hydroxyl groups is 1. The summed E-state index contributed by atoms with van der Waals surface area (Å²) in [6.45, 7) is 2.57. The van der Waals surface area contributed by atoms with Crippen LogP contribution in [-0.2, 0) is 0 Å². The van der Waals surface area contributed by atoms with Crippen LogP contribution >= 0.6 is 11.8 Å². The Balaban J connectivity index is 1.84. The number of aliphatic hydroxyl groups excluding tert-OH is 1. The maximum Gasteiger partial charge on any atom is 0.137 e. The maximum atomic E-state index is 10.2. The van der Waals surface area contributed by atoms with Gasteiger partial charge >= 0.3 is 0 Å². The van der Waals surface area contributed by atoms with E-state index >= 15 is 0 Å². The number of rotatable bonds is 6. The molecular formula is C15H23NO2S. The number of aromatic nitrogens is 1. The number of thioether (sulfide) groups is 1. The third-order valence-corrected chi connectivity index (χ3v) is 4.92. The van der Waals surface area contributed by atoms with Crippen LogP contribution in [-0.4, -0.2) is 27.7 Å². The highest BCUT2D eigenvalue weighted by molar-refractivity contribution is 7.99. The van der Waals surface area contributed by atoms with Crippen LogP contribution in [0.5, 0.6) is 5.75 Å². The molecule has 0 aliphatic heterocycles. The van der Waals surface area contributed by atoms with Gasteiger partial charge in [0.15, 0.2) is 0 Å². The van der Waals surface area contributed by atoms with Gasteiger partial charge < -0.3 is 9.84 Å². The van der Waals surface area contributed by atoms with Crippen LogP contribution in [0.1, 0.15) is 50.7 Å². The molecule has 0 saturated heterocycles. The fourth-order valence-electron chi connectivity index (χ4n) is 2.42. The van der Waals surface area contributed by atoms with Gasteiger partial charge in [-0.25, -0.2) is 0 Å². The highest BCUT2D eigenvalue weighted by Crippen LogP contribution is 2.31. The van der Waals surface area contributed by atoms with Crippen LogP contribution in [0.2, 0.25) is 0 Å². The second kappa shape index (κ2) is 7.75. The first-order chi connectivity index (χ1) is 9.29. The molecule has 4 heteroatoms. The second-order valence-electron chi connectivity index (χ2n) is 5.00. The van der Waals surface area contributed by atoms with E-state index in [0.29, 0.717) is 6.61 Å². The standard InChI is InChI=1S/C15H23NO2S/c1-2-18-13-8-12(9-16-10-13)15(17)11-19-14-6-4-3-5-7-14/h8-10,14-15,17H,2-7,11H2,1H3. The summed E-state index contributed by atoms with van der Waals surface area (Å²) in [5.41, 5.74) is 0.856. The molecule has 0 aromatic carbocycles. The lowest BCUT2D eigenvalue weighted by Crippen LogP contribution is -2.11. The molecule has 1 N–H and O–H groups in total. The Morgan fingerprint density at radius 1 is 1.37 bits per heavy atom. The maximum absolute atomic E-state index is 10.2. The average molecular weight is 281 g/mol. The molecule has 1 heterocycles. The summed E-state index contributed by atoms with van der Waals surface area (Å²) in [5, 5.41) is 11.0. The van der Waals surface area contributed by atoms with E-state index in [1.165, 1.54) is 32.1 Å². The smallest absolute Gasteiger partial charge is 0.137 e. The summed E-state index contributed by atoms with van der Waals surface area (Å²) in [6, 6.07) is 1.89. The van der Waals surface area contributed by atoms with Crippen LogP contribution in [0.4, 0.5) is 0 Å². The summed E-state index contributed by atoms with van der Waals surface area (Å²) in [4.78, 5) is 4.12. The molecule has 19 heavy (non-hydrogen) atoms. The normalized spacial score (nSPS) is 18.2. The van der Waals surface area contributed by atoms with E-state index in [9.17, 15) is 5.11 Å². The Morgan fingerprint density at radius 2 is 2.16 bits per heavy atom. The molecule has 1 atom stereocenters. The number of ether oxygens (including phenoxy) is 1. The molecule has 0 spiro atoms. The minimum absolute atomic E-state index is 0.445. The van der Waals surface area contributed by atoms with Gasteiger partial charge in [0.2, 0.25) is 0 Å². The van der Waals surface area contributed by atoms with Crippen molar-refractivity contribution in [2.45, 2.75) is 50.4 Å². The van der Waals surface area contributed by atoms with Crippen molar-refractivity contribution in [1.29, 1.82) is 0 Å². The van der Waals surface area contributed by atoms with E-state index in [1.807, 2.05) is 24.8 Å². The first-order valence-corrected chi connectivity index (χ1v) is 8.22. The Kier molecular flexibility index (Phi) is 5.98. The zero-order chi connectivity index (χ0) is 13.5. The predicted octanol–water partition coefficient (Wildman–Crippen LogP) is 3.58. The first kappa shape index (κ1) is 14.7. The van der Waals surface area contributed by atoms with Crippen molar-refractivity contribution in [3.63, 3.8) is 0 Å². The Bertz CT molecular complexity index is 380. The number of pyridine rings is 1. The highest BCUT2D eigenvalue weighted by Gasteiger charge is 2.16. The zero-order valence-corrected chi connectivity index (χ0v) is 12.4. The van der Waals surface area contributed by atoms with E-state index in [2.05, 4.69) is 4.98 Å². The summed E-state index contributed by atoms with van der Waals surface area (Å²) >= 11 is 1.90. The van der Waals surface area contributed by atoms with Gasteiger partial charge in [-0.05, 0) is 25.8 Å². The third kappa shape index (κ3) is 4.69. The Morgan fingerprint density at radius 3 is 2.89 bits per heavy atom. The van der Waals surface area contributed by atoms with Crippen LogP contribution in [0.15, 0.2) is 18.5 Å². The van der Waals surface area contributed by atoms with Gasteiger partial charge in [-0.15, -0.1) is 0 Å². The van der Waals surface area contributed by atoms with Crippen molar-refractivity contribution < 1.29 is 9.84 Å². The largest absolute Gasteiger partial charge is 0.492 e. The van der Waals surface area contributed by atoms with E-state index in [0.717, 1.165) is 22.3 Å². The summed E-state index contributed by atoms with van der Waals surface area (Å²) in [5.74, 6) is 1.49. The molecule has 1 aromatic rings. The molecule has 1 unspecified atom stereocenters. The lowest BCUT2D eigenvalue weighted by atomic mass is 10.0. The number of hydrogen-bond donors (Lipinski definition) is 1. The molecule has 1 fully saturated rings. The van der Waals surface area contributed by atoms with Crippen LogP contribution < -0.4 is 4.74 Å². The van der Waals surface area contributed by atoms with Crippen molar-refractivity contribution >= 4 is 11.8 Å². The minimum Gasteiger partial charge on any atom is -0.492 e. The van der Waals surface area contributed by atoms with E-state index in [4.69, 9.17) is 4.74 Å². The van der Waals surface area contributed by atoms with Gasteiger partial charge in [-0.3, -0.25) is 4.98 Å². The van der Waals surface area contributed by atoms with Crippen molar-refractivity contribution in [3.8, 4) is 5.75 Å². The molecule has 3 nitrogen and oxygen atoms in total. The van der Waals surface area contributed by atoms with Crippen LogP contribution in [0.25, 0.3) is 0 Å². The van der Waals surface area contributed by atoms with Crippen molar-refractivity contribution in [2.24, 2.45) is 0 Å². The van der Waals surface area contributed by atoms with Gasteiger partial charge in [-0.1, -0.05) is 19.3 Å². The van der Waals surface area contributed by atoms with Crippen LogP contribution in [0.3, 0.4) is 0 Å². The Hall–Kier alpha value is -0.740. The quantitative estimate of drug-likeness (QED) is 0.865. The van der Waals surface area contributed by atoms with E-state index < -0.39 is 6.10 Å². The molecule has 0 radical (unpaired) electrons. The van der Waals surface area contributed by atoms with Gasteiger partial charge in [0.25, 0.3) is 0 Å². The van der Waals surface area contributed by atoms with Crippen LogP contribution in [0, 0.1) is 0 Å². The monoisotopic (exact) mass is 281 g/mol. The molecule has 0 bridgehead atoms. The molecule has 1 aliphatic rings. The second-order valence-corrected chi connectivity index (χ2v) is 6.33. The first-order valence-electron chi connectivity index (χ1n) is 7.17. The van der Waals surface area contributed by atoms with Crippen molar-refractivity contribution in [1.82, 2.24) is 4.98 Å². The van der Waals surface area contributed by atoms with Gasteiger partial charge in [0.05, 0.1) is 18.9 Å². The topological polar surface area (TPSA) is 42.4 Å².